The number of aromatic nitrogens is 1. The van der Waals surface area contributed by atoms with Crippen LogP contribution in [-0.2, 0) is 6.54 Å². The lowest BCUT2D eigenvalue weighted by Crippen LogP contribution is -2.51. The molecule has 0 bridgehead atoms. The number of β-amino-alcohol motifs (C(OH)–C–C–N with tert-alkyl or cyclic N) is 2. The number of hydrogen-bond donors (Lipinski definition) is 3. The number of aliphatic hydroxyl groups is 2. The summed E-state index contributed by atoms with van der Waals surface area (Å²) in [5, 5.41) is 25.8. The molecule has 1 aromatic heterocycles. The first-order valence-electron chi connectivity index (χ1n) is 12.2. The Balaban J connectivity index is 1.28. The van der Waals surface area contributed by atoms with E-state index in [1.807, 2.05) is 23.1 Å². The lowest BCUT2D eigenvalue weighted by molar-refractivity contribution is -0.0377. The third kappa shape index (κ3) is 6.71. The second-order valence-electron chi connectivity index (χ2n) is 9.70. The number of aliphatic hydroxyl groups excluding tert-OH is 1. The molecule has 0 radical (unpaired) electrons. The molecule has 3 N–H and O–H groups in total. The molecule has 10 heteroatoms. The second kappa shape index (κ2) is 11.7. The Morgan fingerprint density at radius 2 is 2.09 bits per heavy atom. The fraction of sp³-hybridized carbons (Fsp3) is 0.600. The number of ether oxygens (including phenoxy) is 2. The van der Waals surface area contributed by atoms with Crippen molar-refractivity contribution in [2.75, 3.05) is 53.0 Å². The van der Waals surface area contributed by atoms with E-state index >= 15 is 0 Å². The number of carbonyl (C=O) groups excluding carboxylic acids is 1. The van der Waals surface area contributed by atoms with Crippen LogP contribution in [0.15, 0.2) is 29.1 Å². The van der Waals surface area contributed by atoms with Crippen molar-refractivity contribution in [3.8, 4) is 11.5 Å². The number of piperidine rings is 1. The molecular formula is C25H36N4O5S. The molecule has 2 aliphatic rings. The van der Waals surface area contributed by atoms with Gasteiger partial charge < -0.3 is 25.0 Å². The fourth-order valence-corrected chi connectivity index (χ4v) is 5.20. The molecule has 1 aromatic carbocycles. The van der Waals surface area contributed by atoms with E-state index in [9.17, 15) is 15.0 Å². The summed E-state index contributed by atoms with van der Waals surface area (Å²) in [7, 11) is 1.63. The summed E-state index contributed by atoms with van der Waals surface area (Å²) in [4.78, 5) is 20.5. The zero-order valence-electron chi connectivity index (χ0n) is 20.5. The molecule has 2 saturated heterocycles. The van der Waals surface area contributed by atoms with Gasteiger partial charge in [-0.2, -0.15) is 0 Å². The summed E-state index contributed by atoms with van der Waals surface area (Å²) in [6, 6.07) is 5.83. The monoisotopic (exact) mass is 504 g/mol. The molecule has 0 aliphatic carbocycles. The minimum absolute atomic E-state index is 0.0486. The highest BCUT2D eigenvalue weighted by atomic mass is 32.1. The summed E-state index contributed by atoms with van der Waals surface area (Å²) in [6.07, 6.45) is 1.52. The number of thiazole rings is 1. The molecule has 2 aromatic rings. The molecule has 3 heterocycles. The normalized spacial score (nSPS) is 23.9. The first-order chi connectivity index (χ1) is 16.9. The maximum absolute atomic E-state index is 12.2. The van der Waals surface area contributed by atoms with Crippen molar-refractivity contribution in [3.05, 3.63) is 40.3 Å². The van der Waals surface area contributed by atoms with Gasteiger partial charge >= 0.3 is 0 Å². The Labute approximate surface area is 210 Å². The van der Waals surface area contributed by atoms with Crippen LogP contribution in [0.3, 0.4) is 0 Å². The minimum Gasteiger partial charge on any atom is -0.493 e. The number of likely N-dealkylation sites (tertiary alicyclic amines) is 2. The van der Waals surface area contributed by atoms with E-state index in [0.29, 0.717) is 36.9 Å². The highest BCUT2D eigenvalue weighted by molar-refractivity contribution is 7.07. The summed E-state index contributed by atoms with van der Waals surface area (Å²) in [5.41, 5.74) is 1.45. The largest absolute Gasteiger partial charge is 0.493 e. The van der Waals surface area contributed by atoms with Gasteiger partial charge in [-0.25, -0.2) is 4.98 Å². The van der Waals surface area contributed by atoms with E-state index in [1.165, 1.54) is 24.2 Å². The van der Waals surface area contributed by atoms with Crippen LogP contribution in [0, 0.1) is 5.92 Å². The van der Waals surface area contributed by atoms with Gasteiger partial charge in [0.2, 0.25) is 0 Å². The first-order valence-corrected chi connectivity index (χ1v) is 13.1. The Hall–Kier alpha value is -2.24. The smallest absolute Gasteiger partial charge is 0.270 e. The average Bonchev–Trinajstić information content (AvgIpc) is 3.48. The van der Waals surface area contributed by atoms with Gasteiger partial charge in [-0.1, -0.05) is 13.0 Å². The van der Waals surface area contributed by atoms with Crippen LogP contribution < -0.4 is 14.8 Å². The van der Waals surface area contributed by atoms with Gasteiger partial charge in [-0.3, -0.25) is 14.6 Å². The SMILES string of the molecule is COc1cc(CN2C[C@@H](O)[C@](O)(CNC(=O)c3cscn3)C2)ccc1OCCN1CCC(C)CC1. The molecule has 9 nitrogen and oxygen atoms in total. The van der Waals surface area contributed by atoms with Gasteiger partial charge in [0.05, 0.1) is 25.3 Å². The van der Waals surface area contributed by atoms with Crippen LogP contribution in [0.25, 0.3) is 0 Å². The molecule has 1 amide bonds. The average molecular weight is 505 g/mol. The number of hydrogen-bond acceptors (Lipinski definition) is 9. The Kier molecular flexibility index (Phi) is 8.61. The molecule has 0 saturated carbocycles. The molecule has 0 unspecified atom stereocenters. The predicted molar refractivity (Wildman–Crippen MR) is 134 cm³/mol. The molecule has 192 valence electrons. The van der Waals surface area contributed by atoms with Gasteiger partial charge in [0, 0.05) is 31.6 Å². The predicted octanol–water partition coefficient (Wildman–Crippen LogP) is 1.60. The van der Waals surface area contributed by atoms with Crippen molar-refractivity contribution >= 4 is 17.2 Å². The van der Waals surface area contributed by atoms with Crippen LogP contribution in [0.4, 0.5) is 0 Å². The Morgan fingerprint density at radius 1 is 1.29 bits per heavy atom. The van der Waals surface area contributed by atoms with Crippen LogP contribution in [0.1, 0.15) is 35.8 Å². The highest BCUT2D eigenvalue weighted by Crippen LogP contribution is 2.30. The first kappa shape index (κ1) is 25.8. The molecular weight excluding hydrogens is 468 g/mol. The lowest BCUT2D eigenvalue weighted by Gasteiger charge is -2.30. The number of rotatable bonds is 10. The standard InChI is InChI=1S/C25H36N4O5S/c1-18-5-7-28(8-6-18)9-10-34-21-4-3-19(11-22(21)33-2)12-29-13-23(30)25(32,16-29)15-26-24(31)20-14-35-17-27-20/h3-4,11,14,17-18,23,30,32H,5-10,12-13,15-16H2,1-2H3,(H,26,31)/t23-,25+/m1/s1. The van der Waals surface area contributed by atoms with Crippen molar-refractivity contribution < 1.29 is 24.5 Å². The number of nitrogens with one attached hydrogen (secondary N) is 1. The number of amides is 1. The van der Waals surface area contributed by atoms with Crippen molar-refractivity contribution in [2.45, 2.75) is 38.0 Å². The van der Waals surface area contributed by atoms with Crippen molar-refractivity contribution in [1.82, 2.24) is 20.1 Å². The van der Waals surface area contributed by atoms with E-state index in [0.717, 1.165) is 31.1 Å². The number of methoxy groups -OCH3 is 1. The quantitative estimate of drug-likeness (QED) is 0.448. The van der Waals surface area contributed by atoms with Gasteiger partial charge in [0.25, 0.3) is 5.91 Å². The molecule has 2 fully saturated rings. The van der Waals surface area contributed by atoms with Crippen molar-refractivity contribution in [1.29, 1.82) is 0 Å². The van der Waals surface area contributed by atoms with Gasteiger partial charge in [-0.05, 0) is 49.5 Å². The van der Waals surface area contributed by atoms with Crippen LogP contribution in [-0.4, -0.2) is 95.6 Å². The topological polar surface area (TPSA) is 107 Å². The second-order valence-corrected chi connectivity index (χ2v) is 10.4. The van der Waals surface area contributed by atoms with E-state index < -0.39 is 11.7 Å². The molecule has 35 heavy (non-hydrogen) atoms. The Morgan fingerprint density at radius 3 is 2.80 bits per heavy atom. The number of benzene rings is 1. The summed E-state index contributed by atoms with van der Waals surface area (Å²) in [5.74, 6) is 1.83. The van der Waals surface area contributed by atoms with E-state index in [1.54, 1.807) is 18.0 Å². The molecule has 0 spiro atoms. The van der Waals surface area contributed by atoms with Crippen LogP contribution >= 0.6 is 11.3 Å². The minimum atomic E-state index is -1.43. The molecule has 2 aliphatic heterocycles. The summed E-state index contributed by atoms with van der Waals surface area (Å²) < 4.78 is 11.6. The van der Waals surface area contributed by atoms with E-state index in [4.69, 9.17) is 9.47 Å². The van der Waals surface area contributed by atoms with Gasteiger partial charge in [-0.15, -0.1) is 11.3 Å². The molecule has 2 atom stereocenters. The third-order valence-electron chi connectivity index (χ3n) is 6.94. The lowest BCUT2D eigenvalue weighted by atomic mass is 9.99. The fourth-order valence-electron chi connectivity index (χ4n) is 4.67. The maximum atomic E-state index is 12.2. The van der Waals surface area contributed by atoms with Crippen LogP contribution in [0.5, 0.6) is 11.5 Å². The number of nitrogens with zero attached hydrogens (tertiary/aromatic N) is 3. The summed E-state index contributed by atoms with van der Waals surface area (Å²) in [6.45, 7) is 7.11. The molecule has 4 rings (SSSR count). The summed E-state index contributed by atoms with van der Waals surface area (Å²) >= 11 is 1.33. The van der Waals surface area contributed by atoms with E-state index in [-0.39, 0.29) is 19.0 Å². The zero-order chi connectivity index (χ0) is 24.8. The Bertz CT molecular complexity index is 967. The number of carbonyl (C=O) groups is 1. The van der Waals surface area contributed by atoms with Crippen molar-refractivity contribution in [3.63, 3.8) is 0 Å². The highest BCUT2D eigenvalue weighted by Gasteiger charge is 2.44. The maximum Gasteiger partial charge on any atom is 0.270 e. The third-order valence-corrected chi connectivity index (χ3v) is 7.53. The van der Waals surface area contributed by atoms with Crippen molar-refractivity contribution in [2.24, 2.45) is 5.92 Å². The van der Waals surface area contributed by atoms with Gasteiger partial charge in [0.1, 0.15) is 17.9 Å². The van der Waals surface area contributed by atoms with Gasteiger partial charge in [0.15, 0.2) is 11.5 Å². The van der Waals surface area contributed by atoms with E-state index in [2.05, 4.69) is 22.1 Å². The zero-order valence-corrected chi connectivity index (χ0v) is 21.3. The van der Waals surface area contributed by atoms with Crippen LogP contribution in [0.2, 0.25) is 0 Å².